The maximum atomic E-state index is 10.4. The van der Waals surface area contributed by atoms with Crippen LogP contribution in [0.15, 0.2) is 24.3 Å². The molecule has 0 aliphatic carbocycles. The van der Waals surface area contributed by atoms with Crippen molar-refractivity contribution < 1.29 is 9.90 Å². The van der Waals surface area contributed by atoms with E-state index in [9.17, 15) is 4.79 Å². The molecule has 0 fully saturated rings. The number of phenolic OH excluding ortho intramolecular Hbond substituents is 1. The monoisotopic (exact) mass is 188 g/mol. The van der Waals surface area contributed by atoms with E-state index < -0.39 is 0 Å². The molecule has 0 bridgehead atoms. The molecule has 0 aromatic heterocycles. The van der Waals surface area contributed by atoms with E-state index in [1.165, 1.54) is 0 Å². The van der Waals surface area contributed by atoms with Crippen LogP contribution in [0.2, 0.25) is 0 Å². The normalized spacial score (nSPS) is 11.2. The van der Waals surface area contributed by atoms with Crippen molar-refractivity contribution in [1.29, 1.82) is 0 Å². The third kappa shape index (κ3) is 2.63. The van der Waals surface area contributed by atoms with E-state index in [4.69, 9.17) is 5.11 Å². The Labute approximate surface area is 83.6 Å². The van der Waals surface area contributed by atoms with Gasteiger partial charge in [0.15, 0.2) is 0 Å². The smallest absolute Gasteiger partial charge is 0.121 e. The fourth-order valence-corrected chi connectivity index (χ4v) is 1.26. The third-order valence-corrected chi connectivity index (χ3v) is 1.95. The van der Waals surface area contributed by atoms with Crippen molar-refractivity contribution in [3.05, 3.63) is 29.8 Å². The van der Waals surface area contributed by atoms with Gasteiger partial charge in [-0.2, -0.15) is 0 Å². The van der Waals surface area contributed by atoms with Gasteiger partial charge in [0, 0.05) is 6.42 Å². The van der Waals surface area contributed by atoms with Crippen LogP contribution >= 0.6 is 0 Å². The predicted octanol–water partition coefficient (Wildman–Crippen LogP) is 2.09. The van der Waals surface area contributed by atoms with Crippen molar-refractivity contribution >= 4 is 6.29 Å². The first kappa shape index (κ1) is 10.3. The maximum Gasteiger partial charge on any atom is 0.121 e. The average Bonchev–Trinajstić information content (AvgIpc) is 2.19. The molecular weight excluding hydrogens is 176 g/mol. The molecule has 72 valence electrons. The minimum atomic E-state index is -0.0573. The number of carbonyl (C=O) groups excluding carboxylic acids is 1. The number of aldehydes is 1. The number of aromatic hydroxyl groups is 1. The average molecular weight is 188 g/mol. The molecule has 1 unspecified atom stereocenters. The zero-order valence-corrected chi connectivity index (χ0v) is 8.03. The Morgan fingerprint density at radius 1 is 1.43 bits per heavy atom. The molecule has 1 rings (SSSR count). The molecule has 0 spiro atoms. The molecule has 0 saturated carbocycles. The molecule has 0 radical (unpaired) electrons. The molecule has 0 aliphatic rings. The molecule has 1 aromatic carbocycles. The van der Waals surface area contributed by atoms with E-state index in [0.717, 1.165) is 11.8 Å². The lowest BCUT2D eigenvalue weighted by Crippen LogP contribution is -1.96. The number of hydrogen-bond donors (Lipinski definition) is 1. The molecule has 1 N–H and O–H groups in total. The highest BCUT2D eigenvalue weighted by Crippen LogP contribution is 2.20. The van der Waals surface area contributed by atoms with Gasteiger partial charge in [-0.1, -0.05) is 18.1 Å². The maximum absolute atomic E-state index is 10.4. The van der Waals surface area contributed by atoms with Crippen LogP contribution in [0.25, 0.3) is 0 Å². The van der Waals surface area contributed by atoms with Crippen molar-refractivity contribution in [3.8, 4) is 17.6 Å². The lowest BCUT2D eigenvalue weighted by Gasteiger charge is -2.06. The summed E-state index contributed by atoms with van der Waals surface area (Å²) < 4.78 is 0. The van der Waals surface area contributed by atoms with Gasteiger partial charge in [-0.25, -0.2) is 0 Å². The van der Waals surface area contributed by atoms with Crippen molar-refractivity contribution in [2.75, 3.05) is 0 Å². The van der Waals surface area contributed by atoms with E-state index in [-0.39, 0.29) is 11.7 Å². The summed E-state index contributed by atoms with van der Waals surface area (Å²) >= 11 is 0. The molecule has 1 atom stereocenters. The standard InChI is InChI=1S/C12H12O2/c1-2-3-10(8-9-13)11-4-6-12(14)7-5-11/h4-7,9-10,14H,8H2,1H3. The number of carbonyl (C=O) groups is 1. The number of phenols is 1. The Kier molecular flexibility index (Phi) is 3.75. The number of rotatable bonds is 3. The predicted molar refractivity (Wildman–Crippen MR) is 55.0 cm³/mol. The van der Waals surface area contributed by atoms with Crippen molar-refractivity contribution in [1.82, 2.24) is 0 Å². The molecule has 0 aliphatic heterocycles. The zero-order chi connectivity index (χ0) is 10.4. The van der Waals surface area contributed by atoms with Crippen LogP contribution in [0, 0.1) is 11.8 Å². The Bertz CT molecular complexity index is 354. The van der Waals surface area contributed by atoms with Crippen LogP contribution in [0.4, 0.5) is 0 Å². The second-order valence-corrected chi connectivity index (χ2v) is 2.94. The zero-order valence-electron chi connectivity index (χ0n) is 8.03. The molecule has 2 nitrogen and oxygen atoms in total. The van der Waals surface area contributed by atoms with Gasteiger partial charge in [-0.05, 0) is 24.6 Å². The summed E-state index contributed by atoms with van der Waals surface area (Å²) in [7, 11) is 0. The van der Waals surface area contributed by atoms with Crippen molar-refractivity contribution in [3.63, 3.8) is 0 Å². The van der Waals surface area contributed by atoms with E-state index in [2.05, 4.69) is 11.8 Å². The quantitative estimate of drug-likeness (QED) is 0.582. The molecule has 14 heavy (non-hydrogen) atoms. The fraction of sp³-hybridized carbons (Fsp3) is 0.250. The Morgan fingerprint density at radius 3 is 2.57 bits per heavy atom. The number of hydrogen-bond acceptors (Lipinski definition) is 2. The molecular formula is C12H12O2. The van der Waals surface area contributed by atoms with Crippen molar-refractivity contribution in [2.24, 2.45) is 0 Å². The van der Waals surface area contributed by atoms with Gasteiger partial charge in [-0.15, -0.1) is 5.92 Å². The van der Waals surface area contributed by atoms with E-state index >= 15 is 0 Å². The lowest BCUT2D eigenvalue weighted by atomic mass is 9.97. The van der Waals surface area contributed by atoms with Gasteiger partial charge in [0.2, 0.25) is 0 Å². The van der Waals surface area contributed by atoms with Crippen LogP contribution in [-0.4, -0.2) is 11.4 Å². The van der Waals surface area contributed by atoms with Gasteiger partial charge in [-0.3, -0.25) is 0 Å². The molecule has 0 saturated heterocycles. The summed E-state index contributed by atoms with van der Waals surface area (Å²) in [6.45, 7) is 1.75. The first-order valence-electron chi connectivity index (χ1n) is 4.42. The first-order valence-corrected chi connectivity index (χ1v) is 4.42. The van der Waals surface area contributed by atoms with Crippen LogP contribution in [0.3, 0.4) is 0 Å². The summed E-state index contributed by atoms with van der Waals surface area (Å²) in [5.74, 6) is 5.92. The summed E-state index contributed by atoms with van der Waals surface area (Å²) in [6.07, 6.45) is 1.26. The molecule has 1 aromatic rings. The Morgan fingerprint density at radius 2 is 2.07 bits per heavy atom. The lowest BCUT2D eigenvalue weighted by molar-refractivity contribution is -0.107. The van der Waals surface area contributed by atoms with Gasteiger partial charge in [0.25, 0.3) is 0 Å². The van der Waals surface area contributed by atoms with Gasteiger partial charge in [0.1, 0.15) is 12.0 Å². The topological polar surface area (TPSA) is 37.3 Å². The second-order valence-electron chi connectivity index (χ2n) is 2.94. The fourth-order valence-electron chi connectivity index (χ4n) is 1.26. The molecule has 0 amide bonds. The summed E-state index contributed by atoms with van der Waals surface area (Å²) in [6, 6.07) is 6.77. The van der Waals surface area contributed by atoms with Gasteiger partial charge >= 0.3 is 0 Å². The summed E-state index contributed by atoms with van der Waals surface area (Å²) in [5.41, 5.74) is 0.962. The van der Waals surface area contributed by atoms with Crippen LogP contribution in [0.1, 0.15) is 24.8 Å². The van der Waals surface area contributed by atoms with Crippen molar-refractivity contribution in [2.45, 2.75) is 19.3 Å². The minimum absolute atomic E-state index is 0.0573. The largest absolute Gasteiger partial charge is 0.508 e. The second kappa shape index (κ2) is 5.08. The third-order valence-electron chi connectivity index (χ3n) is 1.95. The summed E-state index contributed by atoms with van der Waals surface area (Å²) in [5, 5.41) is 9.09. The molecule has 2 heteroatoms. The van der Waals surface area contributed by atoms with E-state index in [0.29, 0.717) is 6.42 Å². The van der Waals surface area contributed by atoms with Gasteiger partial charge in [0.05, 0.1) is 5.92 Å². The highest BCUT2D eigenvalue weighted by atomic mass is 16.3. The molecule has 0 heterocycles. The SMILES string of the molecule is CC#CC(CC=O)c1ccc(O)cc1. The number of benzene rings is 1. The highest BCUT2D eigenvalue weighted by molar-refractivity contribution is 5.53. The highest BCUT2D eigenvalue weighted by Gasteiger charge is 2.06. The van der Waals surface area contributed by atoms with Crippen LogP contribution in [-0.2, 0) is 4.79 Å². The summed E-state index contributed by atoms with van der Waals surface area (Å²) in [4.78, 5) is 10.4. The van der Waals surface area contributed by atoms with Crippen LogP contribution in [0.5, 0.6) is 5.75 Å². The minimum Gasteiger partial charge on any atom is -0.508 e. The van der Waals surface area contributed by atoms with Crippen LogP contribution < -0.4 is 0 Å². The van der Waals surface area contributed by atoms with E-state index in [1.807, 2.05) is 0 Å². The van der Waals surface area contributed by atoms with E-state index in [1.54, 1.807) is 31.2 Å². The first-order chi connectivity index (χ1) is 6.77. The Hall–Kier alpha value is -1.75. The van der Waals surface area contributed by atoms with Gasteiger partial charge < -0.3 is 9.90 Å². The Balaban J connectivity index is 2.90.